The summed E-state index contributed by atoms with van der Waals surface area (Å²) in [5.74, 6) is -1.90. The van der Waals surface area contributed by atoms with Crippen LogP contribution in [0.15, 0.2) is 18.2 Å². The van der Waals surface area contributed by atoms with Crippen molar-refractivity contribution in [1.29, 1.82) is 0 Å². The third-order valence-electron chi connectivity index (χ3n) is 2.34. The Balaban J connectivity index is 3.18. The molecule has 18 heavy (non-hydrogen) atoms. The molecule has 0 aliphatic carbocycles. The number of nitrogens with two attached hydrogens (primary N) is 1. The molecule has 0 saturated heterocycles. The maximum absolute atomic E-state index is 13.5. The lowest BCUT2D eigenvalue weighted by Crippen LogP contribution is -2.22. The molecule has 0 amide bonds. The molecule has 1 rings (SSSR count). The van der Waals surface area contributed by atoms with Gasteiger partial charge in [-0.25, -0.2) is 4.39 Å². The van der Waals surface area contributed by atoms with E-state index in [1.807, 2.05) is 0 Å². The molecular formula is C11H11F4NO2. The average molecular weight is 265 g/mol. The molecular weight excluding hydrogens is 254 g/mol. The third kappa shape index (κ3) is 3.19. The van der Waals surface area contributed by atoms with E-state index in [0.29, 0.717) is 0 Å². The van der Waals surface area contributed by atoms with Crippen LogP contribution in [0.5, 0.6) is 0 Å². The van der Waals surface area contributed by atoms with Crippen molar-refractivity contribution in [2.24, 2.45) is 5.73 Å². The van der Waals surface area contributed by atoms with Gasteiger partial charge in [0, 0.05) is 11.6 Å². The van der Waals surface area contributed by atoms with Crippen molar-refractivity contribution in [3.05, 3.63) is 35.1 Å². The highest BCUT2D eigenvalue weighted by Crippen LogP contribution is 2.36. The quantitative estimate of drug-likeness (QED) is 0.674. The molecule has 1 aromatic rings. The summed E-state index contributed by atoms with van der Waals surface area (Å²) in [4.78, 5) is 11.0. The first-order valence-corrected chi connectivity index (χ1v) is 4.95. The van der Waals surface area contributed by atoms with Gasteiger partial charge in [-0.2, -0.15) is 13.2 Å². The summed E-state index contributed by atoms with van der Waals surface area (Å²) in [5, 5.41) is 0. The molecule has 7 heteroatoms. The second-order valence-corrected chi connectivity index (χ2v) is 3.59. The Morgan fingerprint density at radius 3 is 2.56 bits per heavy atom. The number of ether oxygens (including phenoxy) is 1. The van der Waals surface area contributed by atoms with Crippen LogP contribution in [0.3, 0.4) is 0 Å². The molecule has 0 aliphatic heterocycles. The Kier molecular flexibility index (Phi) is 4.28. The van der Waals surface area contributed by atoms with E-state index in [-0.39, 0.29) is 0 Å². The van der Waals surface area contributed by atoms with E-state index < -0.39 is 41.6 Å². The highest BCUT2D eigenvalue weighted by atomic mass is 19.4. The summed E-state index contributed by atoms with van der Waals surface area (Å²) in [7, 11) is 1.07. The second kappa shape index (κ2) is 5.34. The zero-order valence-electron chi connectivity index (χ0n) is 9.42. The van der Waals surface area contributed by atoms with Crippen molar-refractivity contribution in [2.75, 3.05) is 7.11 Å². The van der Waals surface area contributed by atoms with Crippen molar-refractivity contribution < 1.29 is 27.1 Å². The summed E-state index contributed by atoms with van der Waals surface area (Å²) in [6.07, 6.45) is -5.26. The van der Waals surface area contributed by atoms with Crippen LogP contribution in [-0.4, -0.2) is 13.1 Å². The molecule has 0 radical (unpaired) electrons. The fourth-order valence-corrected chi connectivity index (χ4v) is 1.53. The fraction of sp³-hybridized carbons (Fsp3) is 0.364. The Bertz CT molecular complexity index is 445. The summed E-state index contributed by atoms with van der Waals surface area (Å²) in [6, 6.07) is 1.11. The molecule has 0 bridgehead atoms. The summed E-state index contributed by atoms with van der Waals surface area (Å²) in [6.45, 7) is 0. The lowest BCUT2D eigenvalue weighted by Gasteiger charge is -2.18. The minimum absolute atomic E-state index is 0.527. The number of carbonyl (C=O) groups excluding carboxylic acids is 1. The van der Waals surface area contributed by atoms with Crippen LogP contribution in [0.1, 0.15) is 23.6 Å². The van der Waals surface area contributed by atoms with Crippen molar-refractivity contribution in [3.8, 4) is 0 Å². The molecule has 0 heterocycles. The van der Waals surface area contributed by atoms with Crippen molar-refractivity contribution >= 4 is 5.97 Å². The number of hydrogen-bond acceptors (Lipinski definition) is 3. The minimum Gasteiger partial charge on any atom is -0.469 e. The minimum atomic E-state index is -4.73. The molecule has 0 unspecified atom stereocenters. The molecule has 0 aromatic heterocycles. The largest absolute Gasteiger partial charge is 0.469 e. The maximum atomic E-state index is 13.5. The summed E-state index contributed by atoms with van der Waals surface area (Å²) in [5.41, 5.74) is 3.52. The number of methoxy groups -OCH3 is 1. The predicted octanol–water partition coefficient (Wildman–Crippen LogP) is 2.41. The van der Waals surface area contributed by atoms with Gasteiger partial charge >= 0.3 is 12.1 Å². The van der Waals surface area contributed by atoms with Crippen LogP contribution in [0.2, 0.25) is 0 Å². The number of esters is 1. The fourth-order valence-electron chi connectivity index (χ4n) is 1.53. The first kappa shape index (κ1) is 14.4. The smallest absolute Gasteiger partial charge is 0.416 e. The van der Waals surface area contributed by atoms with Gasteiger partial charge in [0.2, 0.25) is 0 Å². The number of alkyl halides is 3. The molecule has 3 nitrogen and oxygen atoms in total. The van der Waals surface area contributed by atoms with Crippen LogP contribution in [-0.2, 0) is 15.7 Å². The molecule has 100 valence electrons. The standard InChI is InChI=1S/C11H11F4NO2/c1-18-9(17)5-8(16)10-6(11(13,14)15)3-2-4-7(10)12/h2-4,8H,5,16H2,1H3/t8-/m0/s1. The third-order valence-corrected chi connectivity index (χ3v) is 2.34. The lowest BCUT2D eigenvalue weighted by molar-refractivity contribution is -0.142. The predicted molar refractivity (Wildman–Crippen MR) is 55.0 cm³/mol. The van der Waals surface area contributed by atoms with Gasteiger partial charge in [-0.15, -0.1) is 0 Å². The van der Waals surface area contributed by atoms with Crippen LogP contribution in [0.25, 0.3) is 0 Å². The maximum Gasteiger partial charge on any atom is 0.416 e. The first-order chi connectivity index (χ1) is 8.27. The molecule has 2 N–H and O–H groups in total. The van der Waals surface area contributed by atoms with E-state index in [1.165, 1.54) is 0 Å². The molecule has 0 fully saturated rings. The zero-order valence-corrected chi connectivity index (χ0v) is 9.42. The van der Waals surface area contributed by atoms with Crippen molar-refractivity contribution in [2.45, 2.75) is 18.6 Å². The Hall–Kier alpha value is -1.63. The number of benzene rings is 1. The van der Waals surface area contributed by atoms with Crippen LogP contribution < -0.4 is 5.73 Å². The van der Waals surface area contributed by atoms with E-state index >= 15 is 0 Å². The highest BCUT2D eigenvalue weighted by Gasteiger charge is 2.36. The highest BCUT2D eigenvalue weighted by molar-refractivity contribution is 5.70. The number of rotatable bonds is 3. The topological polar surface area (TPSA) is 52.3 Å². The van der Waals surface area contributed by atoms with Gasteiger partial charge in [-0.1, -0.05) is 6.07 Å². The molecule has 0 spiro atoms. The Morgan fingerprint density at radius 1 is 1.44 bits per heavy atom. The zero-order chi connectivity index (χ0) is 13.9. The monoisotopic (exact) mass is 265 g/mol. The van der Waals surface area contributed by atoms with E-state index in [4.69, 9.17) is 5.73 Å². The van der Waals surface area contributed by atoms with Crippen molar-refractivity contribution in [1.82, 2.24) is 0 Å². The first-order valence-electron chi connectivity index (χ1n) is 4.95. The lowest BCUT2D eigenvalue weighted by atomic mass is 9.97. The Labute approximate surface area is 101 Å². The van der Waals surface area contributed by atoms with Gasteiger partial charge in [-0.05, 0) is 12.1 Å². The summed E-state index contributed by atoms with van der Waals surface area (Å²) >= 11 is 0. The number of hydrogen-bond donors (Lipinski definition) is 1. The van der Waals surface area contributed by atoms with E-state index in [0.717, 1.165) is 25.3 Å². The van der Waals surface area contributed by atoms with Crippen molar-refractivity contribution in [3.63, 3.8) is 0 Å². The van der Waals surface area contributed by atoms with Gasteiger partial charge in [0.25, 0.3) is 0 Å². The van der Waals surface area contributed by atoms with Crippen LogP contribution in [0, 0.1) is 5.82 Å². The normalized spacial score (nSPS) is 13.2. The van der Waals surface area contributed by atoms with E-state index in [9.17, 15) is 22.4 Å². The van der Waals surface area contributed by atoms with Gasteiger partial charge in [-0.3, -0.25) is 4.79 Å². The van der Waals surface area contributed by atoms with Gasteiger partial charge in [0.05, 0.1) is 19.1 Å². The van der Waals surface area contributed by atoms with Crippen LogP contribution in [0.4, 0.5) is 17.6 Å². The average Bonchev–Trinajstić information content (AvgIpc) is 2.27. The van der Waals surface area contributed by atoms with Crippen LogP contribution >= 0.6 is 0 Å². The summed E-state index contributed by atoms with van der Waals surface area (Å²) < 4.78 is 55.7. The van der Waals surface area contributed by atoms with Gasteiger partial charge < -0.3 is 10.5 Å². The SMILES string of the molecule is COC(=O)C[C@H](N)c1c(F)cccc1C(F)(F)F. The number of carbonyl (C=O) groups is 1. The van der Waals surface area contributed by atoms with E-state index in [1.54, 1.807) is 0 Å². The molecule has 0 saturated carbocycles. The second-order valence-electron chi connectivity index (χ2n) is 3.59. The Morgan fingerprint density at radius 2 is 2.06 bits per heavy atom. The molecule has 0 aliphatic rings. The molecule has 1 aromatic carbocycles. The number of halogens is 4. The molecule has 1 atom stereocenters. The van der Waals surface area contributed by atoms with Gasteiger partial charge in [0.1, 0.15) is 5.82 Å². The van der Waals surface area contributed by atoms with Gasteiger partial charge in [0.15, 0.2) is 0 Å². The van der Waals surface area contributed by atoms with E-state index in [2.05, 4.69) is 4.74 Å².